The molecule has 1 aliphatic heterocycles. The van der Waals surface area contributed by atoms with E-state index in [9.17, 15) is 0 Å². The molecule has 34 heavy (non-hydrogen) atoms. The van der Waals surface area contributed by atoms with Crippen LogP contribution in [0.4, 0.5) is 17.6 Å². The first kappa shape index (κ1) is 25.5. The molecule has 6 N–H and O–H groups in total. The molecule has 2 aliphatic carbocycles. The number of nitrogens with zero attached hydrogens (tertiary/aromatic N) is 3. The zero-order valence-corrected chi connectivity index (χ0v) is 21.2. The fourth-order valence-corrected chi connectivity index (χ4v) is 5.78. The second-order valence-electron chi connectivity index (χ2n) is 10.7. The van der Waals surface area contributed by atoms with Crippen LogP contribution in [-0.2, 0) is 0 Å². The average Bonchev–Trinajstić information content (AvgIpc) is 3.16. The summed E-state index contributed by atoms with van der Waals surface area (Å²) in [6, 6.07) is 2.69. The molecule has 3 aliphatic rings. The van der Waals surface area contributed by atoms with Gasteiger partial charge in [0, 0.05) is 38.3 Å². The Morgan fingerprint density at radius 3 is 2.50 bits per heavy atom. The first-order valence-corrected chi connectivity index (χ1v) is 14.0. The van der Waals surface area contributed by atoms with Crippen molar-refractivity contribution in [3.8, 4) is 0 Å². The van der Waals surface area contributed by atoms with Gasteiger partial charge in [0.2, 0.25) is 5.95 Å². The van der Waals surface area contributed by atoms with Crippen molar-refractivity contribution in [1.82, 2.24) is 25.9 Å². The van der Waals surface area contributed by atoms with Crippen LogP contribution >= 0.6 is 0 Å². The molecule has 8 heteroatoms. The molecule has 1 aromatic rings. The highest BCUT2D eigenvalue weighted by Gasteiger charge is 2.21. The molecule has 2 heterocycles. The first-order valence-electron chi connectivity index (χ1n) is 14.0. The summed E-state index contributed by atoms with van der Waals surface area (Å²) in [6.07, 6.45) is 14.6. The van der Waals surface area contributed by atoms with Crippen LogP contribution in [0.15, 0.2) is 6.07 Å². The Morgan fingerprint density at radius 1 is 0.882 bits per heavy atom. The predicted octanol–water partition coefficient (Wildman–Crippen LogP) is 2.98. The standard InChI is InChI=1S/C26H48N8/c27-24-18-25(34-16-5-13-28-15-17-34)33-26(32-24)31-20-22-10-8-21(9-11-22)19-29-12-4-14-30-23-6-2-1-3-7-23/h18,21-23,28-30H,1-17,19-20H2,(H3,27,31,32,33)/t21-,22-. The molecular weight excluding hydrogens is 424 g/mol. The monoisotopic (exact) mass is 472 g/mol. The molecule has 0 atom stereocenters. The van der Waals surface area contributed by atoms with Gasteiger partial charge in [-0.1, -0.05) is 19.3 Å². The second-order valence-corrected chi connectivity index (χ2v) is 10.7. The summed E-state index contributed by atoms with van der Waals surface area (Å²) in [5.41, 5.74) is 6.10. The van der Waals surface area contributed by atoms with Crippen molar-refractivity contribution in [3.63, 3.8) is 0 Å². The second kappa shape index (κ2) is 14.0. The summed E-state index contributed by atoms with van der Waals surface area (Å²) < 4.78 is 0. The van der Waals surface area contributed by atoms with Gasteiger partial charge >= 0.3 is 0 Å². The molecular formula is C26H48N8. The van der Waals surface area contributed by atoms with E-state index in [1.807, 2.05) is 6.07 Å². The van der Waals surface area contributed by atoms with Gasteiger partial charge in [-0.15, -0.1) is 0 Å². The van der Waals surface area contributed by atoms with Crippen LogP contribution in [-0.4, -0.2) is 68.4 Å². The SMILES string of the molecule is Nc1cc(N2CCCNCC2)nc(NC[C@H]2CC[C@H](CNCCCNC3CCCCC3)CC2)n1. The summed E-state index contributed by atoms with van der Waals surface area (Å²) in [5.74, 6) is 3.70. The van der Waals surface area contributed by atoms with Gasteiger partial charge in [0.15, 0.2) is 0 Å². The number of hydrogen-bond donors (Lipinski definition) is 5. The highest BCUT2D eigenvalue weighted by atomic mass is 15.2. The molecule has 0 unspecified atom stereocenters. The van der Waals surface area contributed by atoms with Crippen molar-refractivity contribution < 1.29 is 0 Å². The maximum atomic E-state index is 6.10. The third kappa shape index (κ3) is 8.54. The molecule has 4 rings (SSSR count). The molecule has 0 bridgehead atoms. The Bertz CT molecular complexity index is 692. The Kier molecular flexibility index (Phi) is 10.5. The summed E-state index contributed by atoms with van der Waals surface area (Å²) in [4.78, 5) is 11.5. The number of anilines is 3. The van der Waals surface area contributed by atoms with Gasteiger partial charge < -0.3 is 31.9 Å². The van der Waals surface area contributed by atoms with Gasteiger partial charge in [-0.2, -0.15) is 9.97 Å². The summed E-state index contributed by atoms with van der Waals surface area (Å²) >= 11 is 0. The topological polar surface area (TPSA) is 103 Å². The number of nitrogens with one attached hydrogen (secondary N) is 4. The third-order valence-corrected chi connectivity index (χ3v) is 7.91. The van der Waals surface area contributed by atoms with Crippen molar-refractivity contribution in [2.24, 2.45) is 11.8 Å². The fourth-order valence-electron chi connectivity index (χ4n) is 5.78. The molecule has 3 fully saturated rings. The van der Waals surface area contributed by atoms with Crippen molar-refractivity contribution in [1.29, 1.82) is 0 Å². The largest absolute Gasteiger partial charge is 0.383 e. The summed E-state index contributed by atoms with van der Waals surface area (Å²) in [6.45, 7) is 8.46. The van der Waals surface area contributed by atoms with E-state index in [-0.39, 0.29) is 0 Å². The van der Waals surface area contributed by atoms with Crippen LogP contribution in [0, 0.1) is 11.8 Å². The Morgan fingerprint density at radius 2 is 1.68 bits per heavy atom. The molecule has 8 nitrogen and oxygen atoms in total. The van der Waals surface area contributed by atoms with Crippen molar-refractivity contribution >= 4 is 17.6 Å². The molecule has 0 aromatic carbocycles. The molecule has 1 aromatic heterocycles. The lowest BCUT2D eigenvalue weighted by molar-refractivity contribution is 0.275. The van der Waals surface area contributed by atoms with E-state index in [4.69, 9.17) is 10.7 Å². The van der Waals surface area contributed by atoms with Crippen LogP contribution in [0.1, 0.15) is 70.6 Å². The lowest BCUT2D eigenvalue weighted by Crippen LogP contribution is -2.34. The molecule has 0 spiro atoms. The lowest BCUT2D eigenvalue weighted by Gasteiger charge is -2.29. The van der Waals surface area contributed by atoms with Gasteiger partial charge in [0.25, 0.3) is 0 Å². The van der Waals surface area contributed by atoms with Gasteiger partial charge in [0.1, 0.15) is 11.6 Å². The zero-order chi connectivity index (χ0) is 23.4. The van der Waals surface area contributed by atoms with E-state index in [1.54, 1.807) is 0 Å². The van der Waals surface area contributed by atoms with Gasteiger partial charge in [-0.3, -0.25) is 0 Å². The van der Waals surface area contributed by atoms with E-state index < -0.39 is 0 Å². The van der Waals surface area contributed by atoms with Crippen molar-refractivity contribution in [3.05, 3.63) is 6.07 Å². The number of rotatable bonds is 11. The maximum absolute atomic E-state index is 6.10. The maximum Gasteiger partial charge on any atom is 0.226 e. The van der Waals surface area contributed by atoms with Crippen LogP contribution in [0.2, 0.25) is 0 Å². The van der Waals surface area contributed by atoms with Crippen LogP contribution in [0.3, 0.4) is 0 Å². The quantitative estimate of drug-likeness (QED) is 0.313. The molecule has 0 radical (unpaired) electrons. The summed E-state index contributed by atoms with van der Waals surface area (Å²) in [7, 11) is 0. The zero-order valence-electron chi connectivity index (χ0n) is 21.2. The third-order valence-electron chi connectivity index (χ3n) is 7.91. The van der Waals surface area contributed by atoms with E-state index in [0.29, 0.717) is 17.7 Å². The van der Waals surface area contributed by atoms with Crippen LogP contribution in [0.25, 0.3) is 0 Å². The van der Waals surface area contributed by atoms with Gasteiger partial charge in [-0.25, -0.2) is 0 Å². The molecule has 1 saturated heterocycles. The van der Waals surface area contributed by atoms with Gasteiger partial charge in [0.05, 0.1) is 0 Å². The molecule has 2 saturated carbocycles. The highest BCUT2D eigenvalue weighted by Crippen LogP contribution is 2.28. The van der Waals surface area contributed by atoms with E-state index in [1.165, 1.54) is 77.3 Å². The van der Waals surface area contributed by atoms with E-state index in [0.717, 1.165) is 63.5 Å². The van der Waals surface area contributed by atoms with E-state index >= 15 is 0 Å². The van der Waals surface area contributed by atoms with Crippen molar-refractivity contribution in [2.45, 2.75) is 76.7 Å². The molecule has 0 amide bonds. The summed E-state index contributed by atoms with van der Waals surface area (Å²) in [5, 5.41) is 14.4. The Labute approximate surface area is 206 Å². The van der Waals surface area contributed by atoms with Crippen LogP contribution in [0.5, 0.6) is 0 Å². The number of nitrogens with two attached hydrogens (primary N) is 1. The fraction of sp³-hybridized carbons (Fsp3) is 0.846. The first-order chi connectivity index (χ1) is 16.8. The van der Waals surface area contributed by atoms with Crippen molar-refractivity contribution in [2.75, 3.05) is 68.3 Å². The predicted molar refractivity (Wildman–Crippen MR) is 142 cm³/mol. The lowest BCUT2D eigenvalue weighted by atomic mass is 9.82. The van der Waals surface area contributed by atoms with E-state index in [2.05, 4.69) is 31.2 Å². The normalized spacial score (nSPS) is 24.6. The number of nitrogen functional groups attached to an aromatic ring is 1. The Balaban J connectivity index is 1.09. The number of aromatic nitrogens is 2. The Hall–Kier alpha value is -1.64. The minimum Gasteiger partial charge on any atom is -0.383 e. The minimum atomic E-state index is 0.549. The smallest absolute Gasteiger partial charge is 0.226 e. The van der Waals surface area contributed by atoms with Crippen LogP contribution < -0.4 is 31.9 Å². The number of hydrogen-bond acceptors (Lipinski definition) is 8. The molecule has 192 valence electrons. The minimum absolute atomic E-state index is 0.549. The highest BCUT2D eigenvalue weighted by molar-refractivity contribution is 5.51. The van der Waals surface area contributed by atoms with Gasteiger partial charge in [-0.05, 0) is 89.4 Å². The average molecular weight is 473 g/mol.